The third kappa shape index (κ3) is 4.39. The number of phenolic OH excluding ortho intramolecular Hbond substituents is 1. The van der Waals surface area contributed by atoms with Crippen molar-refractivity contribution in [1.82, 2.24) is 9.80 Å². The Hall–Kier alpha value is -3.39. The molecule has 3 N–H and O–H groups in total. The summed E-state index contributed by atoms with van der Waals surface area (Å²) in [6, 6.07) is 6.84. The van der Waals surface area contributed by atoms with E-state index in [4.69, 9.17) is 27.2 Å². The van der Waals surface area contributed by atoms with Gasteiger partial charge < -0.3 is 19.6 Å². The highest BCUT2D eigenvalue weighted by Gasteiger charge is 2.26. The molecule has 0 atom stereocenters. The van der Waals surface area contributed by atoms with Crippen LogP contribution < -0.4 is 0 Å². The Balaban J connectivity index is 2.04. The van der Waals surface area contributed by atoms with Crippen LogP contribution >= 0.6 is 11.6 Å². The Labute approximate surface area is 184 Å². The summed E-state index contributed by atoms with van der Waals surface area (Å²) in [5.74, 6) is -1.24. The van der Waals surface area contributed by atoms with Gasteiger partial charge in [-0.1, -0.05) is 24.2 Å². The third-order valence-electron chi connectivity index (χ3n) is 5.15. The van der Waals surface area contributed by atoms with Crippen LogP contribution in [0.3, 0.4) is 0 Å². The maximum absolute atomic E-state index is 14.5. The highest BCUT2D eigenvalue weighted by Crippen LogP contribution is 2.38. The second-order valence-electron chi connectivity index (χ2n) is 6.91. The number of piperazine rings is 1. The molecule has 1 amide bonds. The fourth-order valence-electron chi connectivity index (χ4n) is 3.49. The summed E-state index contributed by atoms with van der Waals surface area (Å²) in [5.41, 5.74) is 0.683. The van der Waals surface area contributed by atoms with Crippen LogP contribution in [0.15, 0.2) is 43.0 Å². The van der Waals surface area contributed by atoms with Gasteiger partial charge in [0.2, 0.25) is 11.8 Å². The topological polar surface area (TPSA) is 101 Å². The van der Waals surface area contributed by atoms with Crippen molar-refractivity contribution in [2.24, 2.45) is 0 Å². The number of aromatic hydroxyl groups is 1. The van der Waals surface area contributed by atoms with Gasteiger partial charge in [0, 0.05) is 47.9 Å². The highest BCUT2D eigenvalue weighted by atomic mass is 35.5. The van der Waals surface area contributed by atoms with Crippen molar-refractivity contribution in [3.05, 3.63) is 65.0 Å². The lowest BCUT2D eigenvalue weighted by Gasteiger charge is -2.36. The van der Waals surface area contributed by atoms with Gasteiger partial charge in [0.15, 0.2) is 0 Å². The molecule has 1 heterocycles. The lowest BCUT2D eigenvalue weighted by Crippen LogP contribution is -2.50. The molecule has 7 nitrogen and oxygen atoms in total. The second-order valence-corrected chi connectivity index (χ2v) is 7.32. The number of amidine groups is 1. The van der Waals surface area contributed by atoms with Crippen molar-refractivity contribution in [2.45, 2.75) is 0 Å². The number of halogens is 2. The molecule has 0 aromatic heterocycles. The number of rotatable bonds is 4. The third-order valence-corrected chi connectivity index (χ3v) is 5.47. The van der Waals surface area contributed by atoms with Crippen molar-refractivity contribution < 1.29 is 19.0 Å². The summed E-state index contributed by atoms with van der Waals surface area (Å²) in [6.07, 6.45) is 1.26. The monoisotopic (exact) mass is 444 g/mol. The molecule has 1 fully saturated rings. The van der Waals surface area contributed by atoms with Gasteiger partial charge in [0.1, 0.15) is 17.4 Å². The smallest absolute Gasteiger partial charge is 0.246 e. The van der Waals surface area contributed by atoms with Crippen LogP contribution in [0.25, 0.3) is 11.1 Å². The van der Waals surface area contributed by atoms with E-state index in [0.717, 1.165) is 0 Å². The fourth-order valence-corrected chi connectivity index (χ4v) is 3.75. The van der Waals surface area contributed by atoms with Crippen LogP contribution in [0, 0.1) is 16.6 Å². The number of amides is 1. The van der Waals surface area contributed by atoms with Crippen molar-refractivity contribution in [3.8, 4) is 16.9 Å². The molecule has 0 radical (unpaired) electrons. The van der Waals surface area contributed by atoms with Crippen molar-refractivity contribution >= 4 is 29.2 Å². The van der Waals surface area contributed by atoms with Gasteiger partial charge in [-0.25, -0.2) is 4.39 Å². The molecule has 31 heavy (non-hydrogen) atoms. The summed E-state index contributed by atoms with van der Waals surface area (Å²) in [5, 5.41) is 27.2. The molecule has 2 aromatic rings. The van der Waals surface area contributed by atoms with Gasteiger partial charge in [-0.2, -0.15) is 0 Å². The van der Waals surface area contributed by atoms with E-state index in [1.165, 1.54) is 43.5 Å². The molecule has 2 aromatic carbocycles. The first kappa shape index (κ1) is 22.3. The number of phenols is 1. The van der Waals surface area contributed by atoms with Crippen LogP contribution in [-0.4, -0.2) is 65.8 Å². The fraction of sp³-hybridized carbons (Fsp3) is 0.227. The summed E-state index contributed by atoms with van der Waals surface area (Å²) in [6.45, 7) is 5.13. The molecule has 0 unspecified atom stereocenters. The van der Waals surface area contributed by atoms with Gasteiger partial charge in [0.05, 0.1) is 12.7 Å². The lowest BCUT2D eigenvalue weighted by atomic mass is 9.96. The van der Waals surface area contributed by atoms with E-state index in [0.29, 0.717) is 31.7 Å². The molecule has 162 valence electrons. The van der Waals surface area contributed by atoms with E-state index in [1.54, 1.807) is 9.80 Å². The molecule has 1 saturated heterocycles. The highest BCUT2D eigenvalue weighted by molar-refractivity contribution is 6.34. The first-order chi connectivity index (χ1) is 14.8. The maximum Gasteiger partial charge on any atom is 0.246 e. The molecule has 0 bridgehead atoms. The van der Waals surface area contributed by atoms with E-state index in [1.807, 2.05) is 0 Å². The summed E-state index contributed by atoms with van der Waals surface area (Å²) >= 11 is 6.37. The average molecular weight is 445 g/mol. The van der Waals surface area contributed by atoms with Gasteiger partial charge in [-0.05, 0) is 30.3 Å². The zero-order valence-corrected chi connectivity index (χ0v) is 17.7. The van der Waals surface area contributed by atoms with E-state index in [-0.39, 0.29) is 45.1 Å². The number of ether oxygens (including phenoxy) is 1. The first-order valence-electron chi connectivity index (χ1n) is 9.48. The molecule has 0 saturated carbocycles. The van der Waals surface area contributed by atoms with Gasteiger partial charge in [0.25, 0.3) is 0 Å². The van der Waals surface area contributed by atoms with E-state index < -0.39 is 5.82 Å². The minimum atomic E-state index is -0.662. The molecule has 3 rings (SSSR count). The predicted molar refractivity (Wildman–Crippen MR) is 118 cm³/mol. The SMILES string of the molecule is C=CC(=O)N1CCN(C(=N)c2cc(-c3c(O)cccc3F)c(Cl)cc2C(=N)OC)CC1. The van der Waals surface area contributed by atoms with Gasteiger partial charge in [-0.3, -0.25) is 15.6 Å². The normalized spacial score (nSPS) is 13.6. The zero-order valence-electron chi connectivity index (χ0n) is 16.9. The Bertz CT molecular complexity index is 1040. The van der Waals surface area contributed by atoms with Crippen molar-refractivity contribution in [3.63, 3.8) is 0 Å². The van der Waals surface area contributed by atoms with Gasteiger partial charge in [-0.15, -0.1) is 0 Å². The van der Waals surface area contributed by atoms with Crippen LogP contribution in [0.4, 0.5) is 4.39 Å². The minimum Gasteiger partial charge on any atom is -0.507 e. The first-order valence-corrected chi connectivity index (χ1v) is 9.85. The second kappa shape index (κ2) is 9.18. The largest absolute Gasteiger partial charge is 0.507 e. The Morgan fingerprint density at radius 3 is 2.42 bits per heavy atom. The molecular formula is C22H22ClFN4O3. The van der Waals surface area contributed by atoms with E-state index in [2.05, 4.69) is 6.58 Å². The predicted octanol–water partition coefficient (Wildman–Crippen LogP) is 3.48. The quantitative estimate of drug-likeness (QED) is 0.382. The number of hydrogen-bond acceptors (Lipinski definition) is 5. The lowest BCUT2D eigenvalue weighted by molar-refractivity contribution is -0.127. The number of nitrogens with zero attached hydrogens (tertiary/aromatic N) is 2. The van der Waals surface area contributed by atoms with Crippen molar-refractivity contribution in [2.75, 3.05) is 33.3 Å². The Morgan fingerprint density at radius 1 is 1.19 bits per heavy atom. The maximum atomic E-state index is 14.5. The zero-order chi connectivity index (χ0) is 22.7. The standard InChI is InChI=1S/C22H22ClFN4O3/c1-3-19(30)27-7-9-28(10-8-27)21(25)13-11-15(16(23)12-14(13)22(26)31-2)20-17(24)5-4-6-18(20)29/h3-6,11-12,25-26,29H,1,7-10H2,2H3. The van der Waals surface area contributed by atoms with Crippen LogP contribution in [-0.2, 0) is 9.53 Å². The van der Waals surface area contributed by atoms with Crippen LogP contribution in [0.1, 0.15) is 11.1 Å². The van der Waals surface area contributed by atoms with Crippen LogP contribution in [0.5, 0.6) is 5.75 Å². The molecule has 1 aliphatic rings. The van der Waals surface area contributed by atoms with Crippen molar-refractivity contribution in [1.29, 1.82) is 10.8 Å². The Kier molecular flexibility index (Phi) is 6.60. The van der Waals surface area contributed by atoms with Gasteiger partial charge >= 0.3 is 0 Å². The average Bonchev–Trinajstić information content (AvgIpc) is 2.78. The number of hydrogen-bond donors (Lipinski definition) is 3. The number of benzene rings is 2. The Morgan fingerprint density at radius 2 is 1.84 bits per heavy atom. The number of nitrogens with one attached hydrogen (secondary N) is 2. The summed E-state index contributed by atoms with van der Waals surface area (Å²) in [4.78, 5) is 15.2. The molecule has 1 aliphatic heterocycles. The number of carbonyl (C=O) groups is 1. The molecule has 0 spiro atoms. The number of methoxy groups -OCH3 is 1. The molecular weight excluding hydrogens is 423 g/mol. The van der Waals surface area contributed by atoms with E-state index in [9.17, 15) is 14.3 Å². The minimum absolute atomic E-state index is 0.0799. The summed E-state index contributed by atoms with van der Waals surface area (Å²) in [7, 11) is 1.33. The molecule has 9 heteroatoms. The van der Waals surface area contributed by atoms with Crippen LogP contribution in [0.2, 0.25) is 5.02 Å². The number of carbonyl (C=O) groups excluding carboxylic acids is 1. The van der Waals surface area contributed by atoms with E-state index >= 15 is 0 Å². The summed E-state index contributed by atoms with van der Waals surface area (Å²) < 4.78 is 19.5. The molecule has 0 aliphatic carbocycles.